The van der Waals surface area contributed by atoms with Gasteiger partial charge in [-0.05, 0) is 37.6 Å². The number of carbonyl (C=O) groups is 1. The van der Waals surface area contributed by atoms with Gasteiger partial charge in [0, 0.05) is 31.9 Å². The van der Waals surface area contributed by atoms with E-state index in [1.165, 1.54) is 12.1 Å². The number of piperazine rings is 1. The maximum absolute atomic E-state index is 12.9. The number of hydrogen-bond donors (Lipinski definition) is 0. The van der Waals surface area contributed by atoms with E-state index in [4.69, 9.17) is 23.2 Å². The van der Waals surface area contributed by atoms with Gasteiger partial charge in [0.2, 0.25) is 5.91 Å². The van der Waals surface area contributed by atoms with Gasteiger partial charge in [-0.25, -0.2) is 4.39 Å². The van der Waals surface area contributed by atoms with Crippen LogP contribution in [0.15, 0.2) is 24.3 Å². The van der Waals surface area contributed by atoms with Crippen molar-refractivity contribution in [2.24, 2.45) is 5.41 Å². The number of rotatable bonds is 2. The Balaban J connectivity index is 1.61. The highest BCUT2D eigenvalue weighted by Crippen LogP contribution is 2.64. The molecule has 1 aliphatic carbocycles. The minimum absolute atomic E-state index is 0.0336. The Morgan fingerprint density at radius 3 is 2.14 bits per heavy atom. The summed E-state index contributed by atoms with van der Waals surface area (Å²) >= 11 is 12.1. The highest BCUT2D eigenvalue weighted by Gasteiger charge is 2.68. The molecule has 0 bridgehead atoms. The fourth-order valence-corrected chi connectivity index (χ4v) is 3.50. The van der Waals surface area contributed by atoms with E-state index < -0.39 is 9.75 Å². The average Bonchev–Trinajstić information content (AvgIpc) is 2.99. The molecule has 1 atom stereocenters. The lowest BCUT2D eigenvalue weighted by atomic mass is 10.1. The summed E-state index contributed by atoms with van der Waals surface area (Å²) in [6.07, 6.45) is 0.514. The first kappa shape index (κ1) is 14.9. The van der Waals surface area contributed by atoms with Gasteiger partial charge in [-0.2, -0.15) is 0 Å². The summed E-state index contributed by atoms with van der Waals surface area (Å²) in [6, 6.07) is 6.43. The molecule has 3 nitrogen and oxygen atoms in total. The van der Waals surface area contributed by atoms with Gasteiger partial charge < -0.3 is 9.80 Å². The molecule has 1 heterocycles. The van der Waals surface area contributed by atoms with E-state index in [1.54, 1.807) is 12.1 Å². The van der Waals surface area contributed by atoms with E-state index in [2.05, 4.69) is 4.90 Å². The van der Waals surface area contributed by atoms with Crippen molar-refractivity contribution in [1.82, 2.24) is 4.90 Å². The topological polar surface area (TPSA) is 23.6 Å². The second kappa shape index (κ2) is 5.03. The van der Waals surface area contributed by atoms with E-state index in [0.29, 0.717) is 19.5 Å². The lowest BCUT2D eigenvalue weighted by Crippen LogP contribution is -2.51. The average molecular weight is 331 g/mol. The largest absolute Gasteiger partial charge is 0.368 e. The molecule has 0 N–H and O–H groups in total. The van der Waals surface area contributed by atoms with Crippen molar-refractivity contribution in [3.8, 4) is 0 Å². The zero-order valence-corrected chi connectivity index (χ0v) is 13.3. The number of benzene rings is 1. The Kier molecular flexibility index (Phi) is 3.57. The molecule has 0 radical (unpaired) electrons. The lowest BCUT2D eigenvalue weighted by molar-refractivity contribution is -0.136. The molecule has 1 aliphatic heterocycles. The van der Waals surface area contributed by atoms with Crippen molar-refractivity contribution in [2.45, 2.75) is 17.7 Å². The Labute approximate surface area is 133 Å². The van der Waals surface area contributed by atoms with Crippen molar-refractivity contribution < 1.29 is 9.18 Å². The Bertz CT molecular complexity index is 555. The van der Waals surface area contributed by atoms with Gasteiger partial charge >= 0.3 is 0 Å². The highest BCUT2D eigenvalue weighted by atomic mass is 35.5. The van der Waals surface area contributed by atoms with Crippen LogP contribution in [-0.4, -0.2) is 41.3 Å². The van der Waals surface area contributed by atoms with Crippen LogP contribution in [0.3, 0.4) is 0 Å². The van der Waals surface area contributed by atoms with Crippen LogP contribution in [0, 0.1) is 11.2 Å². The molecule has 1 aromatic rings. The molecule has 2 aliphatic rings. The number of alkyl halides is 2. The summed E-state index contributed by atoms with van der Waals surface area (Å²) in [5.41, 5.74) is 0.332. The molecule has 114 valence electrons. The number of halogens is 3. The molecule has 3 rings (SSSR count). The van der Waals surface area contributed by atoms with E-state index in [0.717, 1.165) is 18.8 Å². The molecule has 1 aromatic carbocycles. The van der Waals surface area contributed by atoms with Gasteiger partial charge in [0.25, 0.3) is 0 Å². The third-order valence-corrected chi connectivity index (χ3v) is 5.59. The Hall–Kier alpha value is -1.00. The molecule has 0 spiro atoms. The first-order valence-corrected chi connectivity index (χ1v) is 7.77. The first-order valence-electron chi connectivity index (χ1n) is 7.01. The first-order chi connectivity index (χ1) is 9.83. The fourth-order valence-electron chi connectivity index (χ4n) is 2.80. The highest BCUT2D eigenvalue weighted by molar-refractivity contribution is 6.53. The van der Waals surface area contributed by atoms with Crippen LogP contribution < -0.4 is 4.90 Å². The zero-order chi connectivity index (χ0) is 15.3. The van der Waals surface area contributed by atoms with Crippen molar-refractivity contribution in [3.05, 3.63) is 30.1 Å². The van der Waals surface area contributed by atoms with Gasteiger partial charge in [0.1, 0.15) is 10.2 Å². The molecular weight excluding hydrogens is 314 g/mol. The number of carbonyl (C=O) groups excluding carboxylic acids is 1. The van der Waals surface area contributed by atoms with Gasteiger partial charge in [0.05, 0.1) is 5.41 Å². The third kappa shape index (κ3) is 2.59. The maximum Gasteiger partial charge on any atom is 0.231 e. The van der Waals surface area contributed by atoms with Crippen molar-refractivity contribution in [1.29, 1.82) is 0 Å². The van der Waals surface area contributed by atoms with Crippen LogP contribution in [0.5, 0.6) is 0 Å². The standard InChI is InChI=1S/C15H17Cl2FN2O/c1-14(10-15(14,16)17)13(21)20-8-6-19(7-9-20)12-4-2-11(18)3-5-12/h2-5H,6-10H2,1H3. The smallest absolute Gasteiger partial charge is 0.231 e. The van der Waals surface area contributed by atoms with Crippen LogP contribution in [0.1, 0.15) is 13.3 Å². The minimum Gasteiger partial charge on any atom is -0.368 e. The van der Waals surface area contributed by atoms with Gasteiger partial charge in [-0.3, -0.25) is 4.79 Å². The molecule has 1 saturated heterocycles. The van der Waals surface area contributed by atoms with Crippen LogP contribution in [0.25, 0.3) is 0 Å². The predicted octanol–water partition coefficient (Wildman–Crippen LogP) is 3.06. The molecule has 6 heteroatoms. The Morgan fingerprint density at radius 2 is 1.67 bits per heavy atom. The maximum atomic E-state index is 12.9. The summed E-state index contributed by atoms with van der Waals surface area (Å²) in [6.45, 7) is 4.54. The predicted molar refractivity (Wildman–Crippen MR) is 82.4 cm³/mol. The minimum atomic E-state index is -0.918. The fraction of sp³-hybridized carbons (Fsp3) is 0.533. The second-order valence-electron chi connectivity index (χ2n) is 5.97. The molecule has 1 saturated carbocycles. The monoisotopic (exact) mass is 330 g/mol. The van der Waals surface area contributed by atoms with Gasteiger partial charge in [0.15, 0.2) is 0 Å². The molecule has 1 amide bonds. The van der Waals surface area contributed by atoms with Crippen LogP contribution in [0.4, 0.5) is 10.1 Å². The van der Waals surface area contributed by atoms with Crippen LogP contribution in [0.2, 0.25) is 0 Å². The summed E-state index contributed by atoms with van der Waals surface area (Å²) in [7, 11) is 0. The normalized spacial score (nSPS) is 27.6. The van der Waals surface area contributed by atoms with E-state index in [-0.39, 0.29) is 11.7 Å². The number of anilines is 1. The van der Waals surface area contributed by atoms with Gasteiger partial charge in [-0.1, -0.05) is 0 Å². The van der Waals surface area contributed by atoms with E-state index in [1.807, 2.05) is 11.8 Å². The molecule has 0 aromatic heterocycles. The molecule has 1 unspecified atom stereocenters. The third-order valence-electron chi connectivity index (χ3n) is 4.49. The number of nitrogens with zero attached hydrogens (tertiary/aromatic N) is 2. The van der Waals surface area contributed by atoms with Gasteiger partial charge in [-0.15, -0.1) is 23.2 Å². The van der Waals surface area contributed by atoms with Crippen LogP contribution in [-0.2, 0) is 4.79 Å². The SMILES string of the molecule is CC1(C(=O)N2CCN(c3ccc(F)cc3)CC2)CC1(Cl)Cl. The number of hydrogen-bond acceptors (Lipinski definition) is 2. The molecule has 21 heavy (non-hydrogen) atoms. The van der Waals surface area contributed by atoms with E-state index >= 15 is 0 Å². The van der Waals surface area contributed by atoms with Crippen LogP contribution >= 0.6 is 23.2 Å². The summed E-state index contributed by atoms with van der Waals surface area (Å²) in [4.78, 5) is 16.4. The summed E-state index contributed by atoms with van der Waals surface area (Å²) in [5.74, 6) is -0.207. The lowest BCUT2D eigenvalue weighted by Gasteiger charge is -2.37. The number of amides is 1. The summed E-state index contributed by atoms with van der Waals surface area (Å²) in [5, 5.41) is 0. The zero-order valence-electron chi connectivity index (χ0n) is 11.8. The second-order valence-corrected chi connectivity index (χ2v) is 7.45. The van der Waals surface area contributed by atoms with Crippen molar-refractivity contribution in [3.63, 3.8) is 0 Å². The van der Waals surface area contributed by atoms with Crippen molar-refractivity contribution >= 4 is 34.8 Å². The van der Waals surface area contributed by atoms with E-state index in [9.17, 15) is 9.18 Å². The molecular formula is C15H17Cl2FN2O. The quantitative estimate of drug-likeness (QED) is 0.778. The summed E-state index contributed by atoms with van der Waals surface area (Å²) < 4.78 is 12.0. The Morgan fingerprint density at radius 1 is 1.14 bits per heavy atom. The van der Waals surface area contributed by atoms with Crippen molar-refractivity contribution in [2.75, 3.05) is 31.1 Å². The molecule has 2 fully saturated rings.